The Bertz CT molecular complexity index is 1010. The van der Waals surface area contributed by atoms with E-state index in [4.69, 9.17) is 0 Å². The smallest absolute Gasteiger partial charge is 0.357 e. The molecule has 0 aliphatic heterocycles. The summed E-state index contributed by atoms with van der Waals surface area (Å²) < 4.78 is 38.5. The van der Waals surface area contributed by atoms with Gasteiger partial charge in [0.2, 0.25) is 0 Å². The van der Waals surface area contributed by atoms with Crippen LogP contribution in [0, 0.1) is 6.92 Å². The molecule has 0 fully saturated rings. The summed E-state index contributed by atoms with van der Waals surface area (Å²) in [6.07, 6.45) is -2.91. The molecule has 0 atom stereocenters. The monoisotopic (exact) mass is 387 g/mol. The van der Waals surface area contributed by atoms with E-state index in [0.717, 1.165) is 17.7 Å². The van der Waals surface area contributed by atoms with Gasteiger partial charge < -0.3 is 15.6 Å². The van der Waals surface area contributed by atoms with Crippen molar-refractivity contribution in [3.8, 4) is 0 Å². The number of aromatic nitrogens is 1. The number of hydrogen-bond donors (Lipinski definition) is 3. The van der Waals surface area contributed by atoms with Crippen molar-refractivity contribution in [2.45, 2.75) is 13.1 Å². The number of hydrogen-bond acceptors (Lipinski definition) is 2. The molecule has 1 aromatic heterocycles. The molecule has 3 rings (SSSR count). The van der Waals surface area contributed by atoms with Crippen LogP contribution in [0.3, 0.4) is 0 Å². The Morgan fingerprint density at radius 2 is 1.71 bits per heavy atom. The third-order valence-corrected chi connectivity index (χ3v) is 4.04. The van der Waals surface area contributed by atoms with Crippen molar-refractivity contribution in [1.82, 2.24) is 4.98 Å². The number of halogens is 3. The van der Waals surface area contributed by atoms with Gasteiger partial charge in [-0.1, -0.05) is 12.1 Å². The van der Waals surface area contributed by atoms with Crippen LogP contribution in [-0.4, -0.2) is 16.8 Å². The molecule has 1 heterocycles. The number of amides is 2. The molecule has 0 bridgehead atoms. The molecule has 0 aliphatic carbocycles. The van der Waals surface area contributed by atoms with E-state index in [9.17, 15) is 22.8 Å². The molecule has 3 aromatic rings. The number of rotatable bonds is 4. The van der Waals surface area contributed by atoms with Crippen LogP contribution < -0.4 is 10.6 Å². The number of benzene rings is 2. The minimum absolute atomic E-state index is 0.118. The van der Waals surface area contributed by atoms with Crippen molar-refractivity contribution in [1.29, 1.82) is 0 Å². The molecule has 28 heavy (non-hydrogen) atoms. The summed E-state index contributed by atoms with van der Waals surface area (Å²) in [4.78, 5) is 27.3. The summed E-state index contributed by atoms with van der Waals surface area (Å²) >= 11 is 0. The van der Waals surface area contributed by atoms with Crippen LogP contribution in [0.25, 0.3) is 0 Å². The maximum absolute atomic E-state index is 12.8. The first-order valence-corrected chi connectivity index (χ1v) is 8.28. The molecule has 3 N–H and O–H groups in total. The lowest BCUT2D eigenvalue weighted by Gasteiger charge is -2.12. The number of carbonyl (C=O) groups excluding carboxylic acids is 2. The average Bonchev–Trinajstić information content (AvgIpc) is 3.19. The minimum Gasteiger partial charge on any atom is -0.357 e. The highest BCUT2D eigenvalue weighted by Gasteiger charge is 2.30. The van der Waals surface area contributed by atoms with Crippen LogP contribution in [0.2, 0.25) is 0 Å². The lowest BCUT2D eigenvalue weighted by Crippen LogP contribution is -2.15. The Morgan fingerprint density at radius 1 is 0.929 bits per heavy atom. The summed E-state index contributed by atoms with van der Waals surface area (Å²) in [7, 11) is 0. The molecule has 0 spiro atoms. The lowest BCUT2D eigenvalue weighted by atomic mass is 10.1. The summed E-state index contributed by atoms with van der Waals surface area (Å²) in [5.41, 5.74) is 0.932. The number of alkyl halides is 3. The van der Waals surface area contributed by atoms with E-state index in [1.807, 2.05) is 0 Å². The first-order valence-electron chi connectivity index (χ1n) is 8.28. The van der Waals surface area contributed by atoms with Gasteiger partial charge in [0.1, 0.15) is 5.69 Å². The molecule has 5 nitrogen and oxygen atoms in total. The standard InChI is InChI=1S/C20H16F3N3O2/c1-12-7-8-15(11-17(12)26-19(28)16-6-3-9-24-16)25-18(27)13-4-2-5-14(10-13)20(21,22)23/h2-11,24H,1H3,(H,25,27)(H,26,28). The fourth-order valence-corrected chi connectivity index (χ4v) is 2.54. The first kappa shape index (κ1) is 19.2. The second-order valence-corrected chi connectivity index (χ2v) is 6.10. The van der Waals surface area contributed by atoms with Gasteiger partial charge in [0.05, 0.1) is 5.56 Å². The van der Waals surface area contributed by atoms with Gasteiger partial charge in [-0.25, -0.2) is 0 Å². The zero-order valence-corrected chi connectivity index (χ0v) is 14.7. The number of carbonyl (C=O) groups is 2. The molecule has 2 aromatic carbocycles. The minimum atomic E-state index is -4.53. The number of aryl methyl sites for hydroxylation is 1. The first-order chi connectivity index (χ1) is 13.2. The Kier molecular flexibility index (Phi) is 5.21. The third kappa shape index (κ3) is 4.40. The van der Waals surface area contributed by atoms with E-state index in [2.05, 4.69) is 15.6 Å². The summed E-state index contributed by atoms with van der Waals surface area (Å²) in [6.45, 7) is 1.78. The average molecular weight is 387 g/mol. The molecule has 144 valence electrons. The second-order valence-electron chi connectivity index (χ2n) is 6.10. The van der Waals surface area contributed by atoms with Crippen LogP contribution in [0.4, 0.5) is 24.5 Å². The zero-order chi connectivity index (χ0) is 20.3. The van der Waals surface area contributed by atoms with E-state index >= 15 is 0 Å². The fourth-order valence-electron chi connectivity index (χ4n) is 2.54. The van der Waals surface area contributed by atoms with Gasteiger partial charge in [-0.2, -0.15) is 13.2 Å². The molecular weight excluding hydrogens is 371 g/mol. The number of aromatic amines is 1. The zero-order valence-electron chi connectivity index (χ0n) is 14.7. The highest BCUT2D eigenvalue weighted by Crippen LogP contribution is 2.30. The molecule has 0 saturated heterocycles. The Morgan fingerprint density at radius 3 is 2.39 bits per heavy atom. The molecule has 0 unspecified atom stereocenters. The molecule has 0 radical (unpaired) electrons. The Balaban J connectivity index is 1.78. The highest BCUT2D eigenvalue weighted by atomic mass is 19.4. The second kappa shape index (κ2) is 7.59. The predicted molar refractivity (Wildman–Crippen MR) is 99.3 cm³/mol. The van der Waals surface area contributed by atoms with Crippen molar-refractivity contribution < 1.29 is 22.8 Å². The van der Waals surface area contributed by atoms with E-state index in [0.29, 0.717) is 17.1 Å². The maximum atomic E-state index is 12.8. The van der Waals surface area contributed by atoms with Crippen molar-refractivity contribution in [2.24, 2.45) is 0 Å². The summed E-state index contributed by atoms with van der Waals surface area (Å²) in [6, 6.07) is 12.3. The fraction of sp³-hybridized carbons (Fsp3) is 0.100. The van der Waals surface area contributed by atoms with Crippen LogP contribution in [0.15, 0.2) is 60.8 Å². The molecule has 2 amide bonds. The van der Waals surface area contributed by atoms with Crippen LogP contribution in [-0.2, 0) is 6.18 Å². The van der Waals surface area contributed by atoms with Gasteiger partial charge in [0, 0.05) is 23.1 Å². The van der Waals surface area contributed by atoms with Gasteiger partial charge in [-0.3, -0.25) is 9.59 Å². The SMILES string of the molecule is Cc1ccc(NC(=O)c2cccc(C(F)(F)F)c2)cc1NC(=O)c1ccc[nH]1. The highest BCUT2D eigenvalue weighted by molar-refractivity contribution is 6.06. The van der Waals surface area contributed by atoms with Crippen LogP contribution >= 0.6 is 0 Å². The molecule has 8 heteroatoms. The summed E-state index contributed by atoms with van der Waals surface area (Å²) in [5, 5.41) is 5.27. The van der Waals surface area contributed by atoms with Gasteiger partial charge in [-0.05, 0) is 55.0 Å². The van der Waals surface area contributed by atoms with E-state index in [-0.39, 0.29) is 11.5 Å². The van der Waals surface area contributed by atoms with Crippen LogP contribution in [0.1, 0.15) is 32.0 Å². The molecule has 0 saturated carbocycles. The molecular formula is C20H16F3N3O2. The van der Waals surface area contributed by atoms with E-state index in [1.54, 1.807) is 43.5 Å². The van der Waals surface area contributed by atoms with Gasteiger partial charge in [-0.15, -0.1) is 0 Å². The number of anilines is 2. The third-order valence-electron chi connectivity index (χ3n) is 4.04. The van der Waals surface area contributed by atoms with Crippen molar-refractivity contribution in [3.05, 3.63) is 83.2 Å². The lowest BCUT2D eigenvalue weighted by molar-refractivity contribution is -0.137. The number of H-pyrrole nitrogens is 1. The Hall–Kier alpha value is -3.55. The number of nitrogens with one attached hydrogen (secondary N) is 3. The van der Waals surface area contributed by atoms with Gasteiger partial charge >= 0.3 is 6.18 Å². The van der Waals surface area contributed by atoms with Crippen molar-refractivity contribution >= 4 is 23.2 Å². The van der Waals surface area contributed by atoms with E-state index in [1.165, 1.54) is 12.1 Å². The van der Waals surface area contributed by atoms with Gasteiger partial charge in [0.15, 0.2) is 0 Å². The van der Waals surface area contributed by atoms with Gasteiger partial charge in [0.25, 0.3) is 11.8 Å². The summed E-state index contributed by atoms with van der Waals surface area (Å²) in [5.74, 6) is -1.04. The molecule has 0 aliphatic rings. The maximum Gasteiger partial charge on any atom is 0.416 e. The largest absolute Gasteiger partial charge is 0.416 e. The topological polar surface area (TPSA) is 74.0 Å². The quantitative estimate of drug-likeness (QED) is 0.599. The Labute approximate surface area is 158 Å². The van der Waals surface area contributed by atoms with Crippen molar-refractivity contribution in [2.75, 3.05) is 10.6 Å². The van der Waals surface area contributed by atoms with E-state index < -0.39 is 17.6 Å². The predicted octanol–water partition coefficient (Wildman–Crippen LogP) is 4.85. The van der Waals surface area contributed by atoms with Crippen molar-refractivity contribution in [3.63, 3.8) is 0 Å². The van der Waals surface area contributed by atoms with Crippen LogP contribution in [0.5, 0.6) is 0 Å². The normalized spacial score (nSPS) is 11.1.